The first-order chi connectivity index (χ1) is 8.20. The molecule has 0 saturated heterocycles. The van der Waals surface area contributed by atoms with E-state index in [1.54, 1.807) is 17.1 Å². The number of imidazole rings is 1. The van der Waals surface area contributed by atoms with E-state index >= 15 is 0 Å². The number of nitriles is 1. The van der Waals surface area contributed by atoms with Gasteiger partial charge < -0.3 is 0 Å². The molecule has 0 N–H and O–H groups in total. The molecule has 1 atom stereocenters. The zero-order valence-electron chi connectivity index (χ0n) is 9.34. The summed E-state index contributed by atoms with van der Waals surface area (Å²) in [5.41, 5.74) is 0.367. The molecular formula is C12H11ClN4. The Labute approximate surface area is 105 Å². The Kier molecular flexibility index (Phi) is 3.40. The third kappa shape index (κ3) is 2.63. The van der Waals surface area contributed by atoms with Gasteiger partial charge in [-0.15, -0.1) is 0 Å². The molecule has 0 spiro atoms. The lowest BCUT2D eigenvalue weighted by Gasteiger charge is -2.09. The van der Waals surface area contributed by atoms with Crippen LogP contribution in [0.1, 0.15) is 19.0 Å². The van der Waals surface area contributed by atoms with Crippen molar-refractivity contribution in [2.45, 2.75) is 13.3 Å². The molecule has 0 bridgehead atoms. The number of hydrogen-bond acceptors (Lipinski definition) is 3. The van der Waals surface area contributed by atoms with Crippen molar-refractivity contribution in [3.8, 4) is 6.07 Å². The van der Waals surface area contributed by atoms with E-state index in [4.69, 9.17) is 16.9 Å². The summed E-state index contributed by atoms with van der Waals surface area (Å²) >= 11 is 6.11. The lowest BCUT2D eigenvalue weighted by Crippen LogP contribution is -1.99. The van der Waals surface area contributed by atoms with E-state index < -0.39 is 0 Å². The average Bonchev–Trinajstić information content (AvgIpc) is 2.79. The number of rotatable bonds is 1. The standard InChI is InChI=1S/C12H11ClN4/c1-9-4-5-15-12(3-2-11(9)13)17-7-10(6-14)16-8-17/h2-3,5,7-9H,4H2,1H3/b11-2?,12-3+,15-5?. The molecule has 1 aliphatic heterocycles. The fraction of sp³-hybridized carbons (Fsp3) is 0.250. The Morgan fingerprint density at radius 2 is 2.35 bits per heavy atom. The highest BCUT2D eigenvalue weighted by molar-refractivity contribution is 6.30. The van der Waals surface area contributed by atoms with Crippen LogP contribution in [0.3, 0.4) is 0 Å². The average molecular weight is 247 g/mol. The maximum Gasteiger partial charge on any atom is 0.158 e. The molecule has 0 saturated carbocycles. The predicted octanol–water partition coefficient (Wildman–Crippen LogP) is 2.79. The van der Waals surface area contributed by atoms with Crippen LogP contribution >= 0.6 is 11.6 Å². The SMILES string of the molecule is CC1CC=N/C(n2cnc(C#N)c2)=C\C=C1Cl. The second kappa shape index (κ2) is 4.98. The minimum absolute atomic E-state index is 0.288. The molecule has 17 heavy (non-hydrogen) atoms. The summed E-state index contributed by atoms with van der Waals surface area (Å²) in [7, 11) is 0. The molecule has 1 unspecified atom stereocenters. The summed E-state index contributed by atoms with van der Waals surface area (Å²) < 4.78 is 1.70. The van der Waals surface area contributed by atoms with Crippen molar-refractivity contribution in [1.29, 1.82) is 5.26 Å². The number of halogens is 1. The van der Waals surface area contributed by atoms with E-state index in [1.807, 2.05) is 24.4 Å². The van der Waals surface area contributed by atoms with Crippen molar-refractivity contribution in [1.82, 2.24) is 9.55 Å². The third-order valence-electron chi connectivity index (χ3n) is 2.51. The third-order valence-corrected chi connectivity index (χ3v) is 3.01. The Balaban J connectivity index is 2.35. The summed E-state index contributed by atoms with van der Waals surface area (Å²) in [6, 6.07) is 1.98. The molecule has 0 aliphatic carbocycles. The summed E-state index contributed by atoms with van der Waals surface area (Å²) in [6.07, 6.45) is 9.48. The van der Waals surface area contributed by atoms with Crippen LogP contribution < -0.4 is 0 Å². The van der Waals surface area contributed by atoms with Crippen molar-refractivity contribution in [3.63, 3.8) is 0 Å². The molecule has 0 radical (unpaired) electrons. The molecule has 4 nitrogen and oxygen atoms in total. The Morgan fingerprint density at radius 3 is 3.06 bits per heavy atom. The van der Waals surface area contributed by atoms with Crippen LogP contribution in [0, 0.1) is 17.2 Å². The first-order valence-electron chi connectivity index (χ1n) is 5.25. The van der Waals surface area contributed by atoms with Crippen LogP contribution in [-0.2, 0) is 0 Å². The number of aliphatic imine (C=N–C) groups is 1. The minimum Gasteiger partial charge on any atom is -0.289 e. The first-order valence-corrected chi connectivity index (χ1v) is 5.63. The highest BCUT2D eigenvalue weighted by Gasteiger charge is 2.08. The normalized spacial score (nSPS) is 23.0. The van der Waals surface area contributed by atoms with Gasteiger partial charge in [0.25, 0.3) is 0 Å². The molecule has 1 aromatic rings. The van der Waals surface area contributed by atoms with Crippen molar-refractivity contribution in [2.75, 3.05) is 0 Å². The van der Waals surface area contributed by atoms with Crippen LogP contribution in [0.2, 0.25) is 0 Å². The van der Waals surface area contributed by atoms with E-state index in [9.17, 15) is 0 Å². The fourth-order valence-electron chi connectivity index (χ4n) is 1.44. The summed E-state index contributed by atoms with van der Waals surface area (Å²) in [5, 5.41) is 9.51. The van der Waals surface area contributed by atoms with Crippen LogP contribution in [0.25, 0.3) is 5.82 Å². The number of nitrogens with zero attached hydrogens (tertiary/aromatic N) is 4. The van der Waals surface area contributed by atoms with Crippen molar-refractivity contribution < 1.29 is 0 Å². The summed E-state index contributed by atoms with van der Waals surface area (Å²) in [5.74, 6) is 0.986. The van der Waals surface area contributed by atoms with Crippen LogP contribution in [-0.4, -0.2) is 15.8 Å². The van der Waals surface area contributed by atoms with Crippen molar-refractivity contribution >= 4 is 23.6 Å². The zero-order valence-corrected chi connectivity index (χ0v) is 10.1. The second-order valence-corrected chi connectivity index (χ2v) is 4.24. The maximum atomic E-state index is 8.71. The molecule has 0 fully saturated rings. The quantitative estimate of drug-likeness (QED) is 0.765. The summed E-state index contributed by atoms with van der Waals surface area (Å²) in [4.78, 5) is 8.26. The molecule has 5 heteroatoms. The van der Waals surface area contributed by atoms with Gasteiger partial charge in [-0.2, -0.15) is 5.26 Å². The Hall–Kier alpha value is -1.86. The Bertz CT molecular complexity index is 545. The first kappa shape index (κ1) is 11.6. The molecule has 0 amide bonds. The highest BCUT2D eigenvalue weighted by atomic mass is 35.5. The monoisotopic (exact) mass is 246 g/mol. The number of aromatic nitrogens is 2. The number of hydrogen-bond donors (Lipinski definition) is 0. The predicted molar refractivity (Wildman–Crippen MR) is 67.4 cm³/mol. The zero-order chi connectivity index (χ0) is 12.3. The van der Waals surface area contributed by atoms with Gasteiger partial charge in [0.2, 0.25) is 0 Å². The number of allylic oxidation sites excluding steroid dienone is 3. The molecule has 2 heterocycles. The largest absolute Gasteiger partial charge is 0.289 e. The van der Waals surface area contributed by atoms with Gasteiger partial charge in [0.1, 0.15) is 18.2 Å². The van der Waals surface area contributed by atoms with Gasteiger partial charge in [-0.1, -0.05) is 18.5 Å². The van der Waals surface area contributed by atoms with E-state index in [1.165, 1.54) is 0 Å². The van der Waals surface area contributed by atoms with Gasteiger partial charge in [0, 0.05) is 17.4 Å². The molecule has 1 aromatic heterocycles. The minimum atomic E-state index is 0.288. The van der Waals surface area contributed by atoms with Crippen molar-refractivity contribution in [2.24, 2.45) is 10.9 Å². The molecule has 1 aliphatic rings. The van der Waals surface area contributed by atoms with Gasteiger partial charge in [0.05, 0.1) is 0 Å². The summed E-state index contributed by atoms with van der Waals surface area (Å²) in [6.45, 7) is 2.05. The maximum absolute atomic E-state index is 8.71. The van der Waals surface area contributed by atoms with Gasteiger partial charge >= 0.3 is 0 Å². The van der Waals surface area contributed by atoms with Gasteiger partial charge in [-0.3, -0.25) is 4.57 Å². The molecule has 86 valence electrons. The lowest BCUT2D eigenvalue weighted by molar-refractivity contribution is 0.758. The van der Waals surface area contributed by atoms with Crippen molar-refractivity contribution in [3.05, 3.63) is 35.4 Å². The molecule has 0 aromatic carbocycles. The molecular weight excluding hydrogens is 236 g/mol. The van der Waals surface area contributed by atoms with Crippen LogP contribution in [0.5, 0.6) is 0 Å². The fourth-order valence-corrected chi connectivity index (χ4v) is 1.59. The van der Waals surface area contributed by atoms with Crippen LogP contribution in [0.15, 0.2) is 34.7 Å². The topological polar surface area (TPSA) is 54.0 Å². The van der Waals surface area contributed by atoms with Gasteiger partial charge in [0.15, 0.2) is 5.69 Å². The van der Waals surface area contributed by atoms with Gasteiger partial charge in [-0.25, -0.2) is 9.98 Å². The van der Waals surface area contributed by atoms with E-state index in [0.29, 0.717) is 11.5 Å². The highest BCUT2D eigenvalue weighted by Crippen LogP contribution is 2.21. The van der Waals surface area contributed by atoms with E-state index in [0.717, 1.165) is 11.5 Å². The smallest absolute Gasteiger partial charge is 0.158 e. The van der Waals surface area contributed by atoms with E-state index in [2.05, 4.69) is 16.9 Å². The lowest BCUT2D eigenvalue weighted by atomic mass is 10.1. The second-order valence-electron chi connectivity index (χ2n) is 3.80. The van der Waals surface area contributed by atoms with Crippen LogP contribution in [0.4, 0.5) is 0 Å². The molecule has 2 rings (SSSR count). The Morgan fingerprint density at radius 1 is 1.53 bits per heavy atom. The van der Waals surface area contributed by atoms with E-state index in [-0.39, 0.29) is 5.92 Å². The van der Waals surface area contributed by atoms with Gasteiger partial charge in [-0.05, 0) is 24.5 Å².